The Balaban J connectivity index is 0. The molecule has 0 radical (unpaired) electrons. The first-order valence-corrected chi connectivity index (χ1v) is 25.0. The molecule has 2 aliphatic carbocycles. The molecule has 0 spiro atoms. The Labute approximate surface area is 387 Å². The molecule has 1 aliphatic heterocycles. The van der Waals surface area contributed by atoms with Crippen LogP contribution in [0.5, 0.6) is 0 Å². The summed E-state index contributed by atoms with van der Waals surface area (Å²) < 4.78 is 10.3. The van der Waals surface area contributed by atoms with Crippen LogP contribution >= 0.6 is 0 Å². The average molecular weight is 857 g/mol. The van der Waals surface area contributed by atoms with E-state index in [2.05, 4.69) is 182 Å². The monoisotopic (exact) mass is 857 g/mol. The van der Waals surface area contributed by atoms with Gasteiger partial charge in [0, 0.05) is 29.1 Å². The number of benzene rings is 1. The van der Waals surface area contributed by atoms with Crippen molar-refractivity contribution in [2.24, 2.45) is 34.1 Å². The summed E-state index contributed by atoms with van der Waals surface area (Å²) in [6, 6.07) is 7.53. The third kappa shape index (κ3) is 20.1. The second-order valence-electron chi connectivity index (χ2n) is 18.8. The number of anilines is 1. The Morgan fingerprint density at radius 1 is 0.968 bits per heavy atom. The van der Waals surface area contributed by atoms with Crippen LogP contribution in [0.3, 0.4) is 0 Å². The molecule has 0 aromatic heterocycles. The Hall–Kier alpha value is -3.20. The van der Waals surface area contributed by atoms with Gasteiger partial charge in [0.1, 0.15) is 0 Å². The fourth-order valence-corrected chi connectivity index (χ4v) is 8.28. The van der Waals surface area contributed by atoms with Crippen molar-refractivity contribution < 1.29 is 4.39 Å². The zero-order valence-corrected chi connectivity index (χ0v) is 44.2. The Morgan fingerprint density at radius 3 is 1.87 bits per heavy atom. The lowest BCUT2D eigenvalue weighted by Crippen LogP contribution is -2.44. The summed E-state index contributed by atoms with van der Waals surface area (Å²) in [5, 5.41) is 0. The van der Waals surface area contributed by atoms with Crippen molar-refractivity contribution in [3.8, 4) is 0 Å². The fourth-order valence-electron chi connectivity index (χ4n) is 8.28. The van der Waals surface area contributed by atoms with Crippen molar-refractivity contribution in [2.75, 3.05) is 11.6 Å². The van der Waals surface area contributed by atoms with Crippen LogP contribution < -0.4 is 4.90 Å². The number of rotatable bonds is 15. The van der Waals surface area contributed by atoms with Crippen LogP contribution in [0, 0.1) is 29.1 Å². The zero-order valence-electron chi connectivity index (χ0n) is 44.2. The van der Waals surface area contributed by atoms with Crippen molar-refractivity contribution in [3.05, 3.63) is 108 Å². The number of halogens is 1. The first kappa shape index (κ1) is 60.9. The van der Waals surface area contributed by atoms with Crippen LogP contribution in [-0.4, -0.2) is 18.9 Å². The van der Waals surface area contributed by atoms with Crippen molar-refractivity contribution in [2.45, 2.75) is 213 Å². The summed E-state index contributed by atoms with van der Waals surface area (Å²) >= 11 is 0. The minimum Gasteiger partial charge on any atom is -0.341 e. The van der Waals surface area contributed by atoms with E-state index in [1.54, 1.807) is 0 Å². The van der Waals surface area contributed by atoms with Gasteiger partial charge in [0.2, 0.25) is 0 Å². The van der Waals surface area contributed by atoms with Gasteiger partial charge in [0.15, 0.2) is 0 Å². The van der Waals surface area contributed by atoms with Crippen LogP contribution in [0.4, 0.5) is 10.1 Å². The summed E-state index contributed by atoms with van der Waals surface area (Å²) in [7, 11) is 0. The highest BCUT2D eigenvalue weighted by Crippen LogP contribution is 2.56. The summed E-state index contributed by atoms with van der Waals surface area (Å²) in [4.78, 5) is 7.19. The summed E-state index contributed by atoms with van der Waals surface area (Å²) in [5.41, 5.74) is 9.82. The molecule has 2 fully saturated rings. The normalized spacial score (nSPS) is 22.7. The van der Waals surface area contributed by atoms with Crippen molar-refractivity contribution in [3.63, 3.8) is 0 Å². The predicted molar refractivity (Wildman–Crippen MR) is 285 cm³/mol. The largest absolute Gasteiger partial charge is 0.341 e. The van der Waals surface area contributed by atoms with Gasteiger partial charge >= 0.3 is 0 Å². The van der Waals surface area contributed by atoms with E-state index >= 15 is 0 Å². The van der Waals surface area contributed by atoms with E-state index < -0.39 is 0 Å². The first-order valence-electron chi connectivity index (χ1n) is 25.0. The van der Waals surface area contributed by atoms with Gasteiger partial charge in [-0.2, -0.15) is 0 Å². The topological polar surface area (TPSA) is 15.6 Å². The zero-order chi connectivity index (χ0) is 48.1. The van der Waals surface area contributed by atoms with E-state index in [0.29, 0.717) is 6.04 Å². The molecule has 4 rings (SSSR count). The molecule has 4 unspecified atom stereocenters. The van der Waals surface area contributed by atoms with Gasteiger partial charge in [-0.05, 0) is 163 Å². The van der Waals surface area contributed by atoms with Crippen LogP contribution in [0.15, 0.2) is 102 Å². The third-order valence-corrected chi connectivity index (χ3v) is 12.7. The number of allylic oxidation sites excluding steroid dienone is 10. The van der Waals surface area contributed by atoms with E-state index in [0.717, 1.165) is 78.2 Å². The maximum Gasteiger partial charge on any atom is 0.0866 e. The SMILES string of the molecule is C/C=C\C(C)=C/CC.C=CC(C)(CC)CCC1(CC)C(=C)N(C2CC(C)C2)c2cc(C(=C)/C=C(N=CC)\C(C)=C\C)ccc21.CC(C)C.CCC.CCC1CCC1CC.CCF. The molecule has 0 amide bonds. The Morgan fingerprint density at radius 2 is 1.50 bits per heavy atom. The highest BCUT2D eigenvalue weighted by Gasteiger charge is 2.49. The number of hydrogen-bond acceptors (Lipinski definition) is 2. The molecule has 0 saturated heterocycles. The van der Waals surface area contributed by atoms with Gasteiger partial charge in [0.05, 0.1) is 12.4 Å². The van der Waals surface area contributed by atoms with Crippen molar-refractivity contribution in [1.29, 1.82) is 0 Å². The standard InChI is InChI=1S/C34H48N2.C8H16.C8H14.C4H10.C3H8.C2H5F/c1-11-25(7)31(35-15-5)22-26(8)28-16-17-30-32(23-28)36(29-20-24(6)21-29)27(9)34(30,14-4)19-18-33(10,12-2)13-3;1-3-7-5-6-8(7)4-2;1-4-6-8(3)7-5-2;1-4(2)3;1-3-2;1-2-3/h11-12,15-17,22-24,29H,2,8-9,13-14,18-21H2,1,3-7,10H3;7-8H,3-6H2,1-2H3;4,6-7H,5H2,1-3H3;4H,1-3H3;3H2,1-2H3;2H2,1H3/b25-11+,31-22+,35-15?;;6-4-,8-7-;;;. The molecule has 2 saturated carbocycles. The Kier molecular flexibility index (Phi) is 32.7. The molecule has 3 heteroatoms. The molecule has 0 N–H and O–H groups in total. The van der Waals surface area contributed by atoms with Gasteiger partial charge in [-0.1, -0.05) is 164 Å². The van der Waals surface area contributed by atoms with Crippen molar-refractivity contribution >= 4 is 17.5 Å². The van der Waals surface area contributed by atoms with E-state index in [1.807, 2.05) is 20.1 Å². The molecular formula is C59H101FN2. The molecular weight excluding hydrogens is 756 g/mol. The molecule has 2 nitrogen and oxygen atoms in total. The minimum atomic E-state index is -0.250. The number of alkyl halides is 1. The summed E-state index contributed by atoms with van der Waals surface area (Å²) in [5.74, 6) is 3.81. The van der Waals surface area contributed by atoms with Crippen molar-refractivity contribution in [1.82, 2.24) is 0 Å². The maximum atomic E-state index is 10.3. The Bertz CT molecular complexity index is 1540. The smallest absolute Gasteiger partial charge is 0.0866 e. The van der Waals surface area contributed by atoms with Gasteiger partial charge in [0.25, 0.3) is 0 Å². The lowest BCUT2D eigenvalue weighted by atomic mass is 9.69. The van der Waals surface area contributed by atoms with Gasteiger partial charge in [-0.3, -0.25) is 9.38 Å². The summed E-state index contributed by atoms with van der Waals surface area (Å²) in [6.45, 7) is 51.7. The molecule has 1 aromatic carbocycles. The van der Waals surface area contributed by atoms with Gasteiger partial charge in [-0.15, -0.1) is 6.58 Å². The second-order valence-corrected chi connectivity index (χ2v) is 18.8. The van der Waals surface area contributed by atoms with E-state index in [9.17, 15) is 4.39 Å². The van der Waals surface area contributed by atoms with E-state index in [-0.39, 0.29) is 17.5 Å². The highest BCUT2D eigenvalue weighted by atomic mass is 19.1. The number of hydrogen-bond donors (Lipinski definition) is 0. The van der Waals surface area contributed by atoms with Crippen LogP contribution in [0.25, 0.3) is 5.57 Å². The molecule has 354 valence electrons. The molecule has 0 bridgehead atoms. The first-order chi connectivity index (χ1) is 29.3. The van der Waals surface area contributed by atoms with Crippen LogP contribution in [-0.2, 0) is 5.41 Å². The minimum absolute atomic E-state index is 0.0253. The maximum absolute atomic E-state index is 10.3. The van der Waals surface area contributed by atoms with Crippen LogP contribution in [0.1, 0.15) is 213 Å². The van der Waals surface area contributed by atoms with Crippen LogP contribution in [0.2, 0.25) is 0 Å². The predicted octanol–water partition coefficient (Wildman–Crippen LogP) is 19.6. The fraction of sp³-hybridized carbons (Fsp3) is 0.644. The highest BCUT2D eigenvalue weighted by molar-refractivity contribution is 5.81. The molecule has 1 aromatic rings. The molecule has 4 atom stereocenters. The molecule has 62 heavy (non-hydrogen) atoms. The number of nitrogens with zero attached hydrogens (tertiary/aromatic N) is 2. The molecule has 1 heterocycles. The second kappa shape index (κ2) is 33.3. The van der Waals surface area contributed by atoms with Gasteiger partial charge in [-0.25, -0.2) is 0 Å². The molecule has 3 aliphatic rings. The third-order valence-electron chi connectivity index (χ3n) is 12.7. The lowest BCUT2D eigenvalue weighted by Gasteiger charge is -2.44. The van der Waals surface area contributed by atoms with E-state index in [4.69, 9.17) is 6.58 Å². The quantitative estimate of drug-likeness (QED) is 0.0975. The number of fused-ring (bicyclic) bond motifs is 1. The van der Waals surface area contributed by atoms with E-state index in [1.165, 1.54) is 74.4 Å². The average Bonchev–Trinajstić information content (AvgIpc) is 3.45. The summed E-state index contributed by atoms with van der Waals surface area (Å²) in [6.07, 6.45) is 29.7. The lowest BCUT2D eigenvalue weighted by molar-refractivity contribution is 0.165. The van der Waals surface area contributed by atoms with Gasteiger partial charge < -0.3 is 4.90 Å². The number of aliphatic imine (C=N–C) groups is 1.